The SMILES string of the molecule is NC(=O)c1csc(CNc2ccc(F)c(C(=O)O)c2)c1. The van der Waals surface area contributed by atoms with Gasteiger partial charge in [0.2, 0.25) is 5.91 Å². The number of hydrogen-bond acceptors (Lipinski definition) is 4. The molecule has 0 aliphatic rings. The van der Waals surface area contributed by atoms with E-state index in [-0.39, 0.29) is 5.56 Å². The molecule has 2 rings (SSSR count). The summed E-state index contributed by atoms with van der Waals surface area (Å²) in [5.74, 6) is -2.60. The molecule has 1 amide bonds. The first-order chi connectivity index (χ1) is 9.47. The number of anilines is 1. The van der Waals surface area contributed by atoms with E-state index in [1.807, 2.05) is 0 Å². The van der Waals surface area contributed by atoms with Gasteiger partial charge >= 0.3 is 5.97 Å². The number of carbonyl (C=O) groups is 2. The number of amides is 1. The second kappa shape index (κ2) is 5.70. The van der Waals surface area contributed by atoms with Crippen LogP contribution in [0.25, 0.3) is 0 Å². The van der Waals surface area contributed by atoms with Crippen molar-refractivity contribution >= 4 is 28.9 Å². The first kappa shape index (κ1) is 14.0. The van der Waals surface area contributed by atoms with Gasteiger partial charge in [0.25, 0.3) is 0 Å². The van der Waals surface area contributed by atoms with E-state index in [0.29, 0.717) is 17.8 Å². The molecule has 0 unspecified atom stereocenters. The molecule has 0 saturated heterocycles. The molecule has 0 atom stereocenters. The fourth-order valence-electron chi connectivity index (χ4n) is 1.59. The number of carboxylic acid groups (broad SMARTS) is 1. The summed E-state index contributed by atoms with van der Waals surface area (Å²) < 4.78 is 13.2. The lowest BCUT2D eigenvalue weighted by atomic mass is 10.2. The lowest BCUT2D eigenvalue weighted by molar-refractivity contribution is 0.0691. The van der Waals surface area contributed by atoms with Gasteiger partial charge in [-0.15, -0.1) is 11.3 Å². The van der Waals surface area contributed by atoms with Crippen LogP contribution in [0.3, 0.4) is 0 Å². The van der Waals surface area contributed by atoms with Gasteiger partial charge < -0.3 is 16.2 Å². The summed E-state index contributed by atoms with van der Waals surface area (Å²) in [5.41, 5.74) is 5.67. The van der Waals surface area contributed by atoms with Crippen molar-refractivity contribution in [2.75, 3.05) is 5.32 Å². The Morgan fingerprint density at radius 3 is 2.70 bits per heavy atom. The number of nitrogens with two attached hydrogens (primary N) is 1. The fourth-order valence-corrected chi connectivity index (χ4v) is 2.40. The minimum atomic E-state index is -1.32. The van der Waals surface area contributed by atoms with Crippen LogP contribution < -0.4 is 11.1 Å². The number of hydrogen-bond donors (Lipinski definition) is 3. The number of nitrogens with one attached hydrogen (secondary N) is 1. The van der Waals surface area contributed by atoms with Crippen LogP contribution in [-0.2, 0) is 6.54 Å². The Hall–Kier alpha value is -2.41. The van der Waals surface area contributed by atoms with Gasteiger partial charge in [-0.05, 0) is 24.3 Å². The zero-order chi connectivity index (χ0) is 14.7. The highest BCUT2D eigenvalue weighted by Crippen LogP contribution is 2.18. The molecule has 2 aromatic rings. The van der Waals surface area contributed by atoms with E-state index >= 15 is 0 Å². The Kier molecular flexibility index (Phi) is 3.99. The third-order valence-corrected chi connectivity index (χ3v) is 3.54. The Morgan fingerprint density at radius 1 is 1.35 bits per heavy atom. The summed E-state index contributed by atoms with van der Waals surface area (Å²) >= 11 is 1.36. The number of carbonyl (C=O) groups excluding carboxylic acids is 1. The number of benzene rings is 1. The van der Waals surface area contributed by atoms with Gasteiger partial charge in [-0.25, -0.2) is 9.18 Å². The third-order valence-electron chi connectivity index (χ3n) is 2.60. The molecule has 7 heteroatoms. The van der Waals surface area contributed by atoms with Crippen molar-refractivity contribution in [3.63, 3.8) is 0 Å². The molecule has 0 bridgehead atoms. The number of rotatable bonds is 5. The van der Waals surface area contributed by atoms with Gasteiger partial charge in [0.15, 0.2) is 0 Å². The van der Waals surface area contributed by atoms with E-state index in [2.05, 4.69) is 5.32 Å². The van der Waals surface area contributed by atoms with E-state index < -0.39 is 17.7 Å². The fraction of sp³-hybridized carbons (Fsp3) is 0.0769. The molecule has 1 aromatic heterocycles. The normalized spacial score (nSPS) is 10.2. The highest BCUT2D eigenvalue weighted by molar-refractivity contribution is 7.10. The number of thiophene rings is 1. The number of primary amides is 1. The highest BCUT2D eigenvalue weighted by Gasteiger charge is 2.11. The van der Waals surface area contributed by atoms with Crippen LogP contribution in [0, 0.1) is 5.82 Å². The Balaban J connectivity index is 2.08. The molecule has 0 spiro atoms. The molecule has 1 aromatic carbocycles. The Labute approximate surface area is 117 Å². The van der Waals surface area contributed by atoms with E-state index in [0.717, 1.165) is 10.9 Å². The summed E-state index contributed by atoms with van der Waals surface area (Å²) in [6.07, 6.45) is 0. The topological polar surface area (TPSA) is 92.4 Å². The lowest BCUT2D eigenvalue weighted by Gasteiger charge is -2.06. The van der Waals surface area contributed by atoms with Crippen LogP contribution in [0.15, 0.2) is 29.6 Å². The van der Waals surface area contributed by atoms with Crippen molar-refractivity contribution < 1.29 is 19.1 Å². The zero-order valence-corrected chi connectivity index (χ0v) is 11.0. The molecular weight excluding hydrogens is 283 g/mol. The highest BCUT2D eigenvalue weighted by atomic mass is 32.1. The van der Waals surface area contributed by atoms with Crippen molar-refractivity contribution in [1.29, 1.82) is 0 Å². The molecule has 20 heavy (non-hydrogen) atoms. The van der Waals surface area contributed by atoms with E-state index in [1.165, 1.54) is 23.5 Å². The summed E-state index contributed by atoms with van der Waals surface area (Å²) in [6, 6.07) is 5.42. The molecule has 0 aliphatic carbocycles. The second-order valence-electron chi connectivity index (χ2n) is 4.02. The average Bonchev–Trinajstić information content (AvgIpc) is 2.86. The smallest absolute Gasteiger partial charge is 0.338 e. The van der Waals surface area contributed by atoms with E-state index in [9.17, 15) is 14.0 Å². The van der Waals surface area contributed by atoms with Gasteiger partial charge in [-0.1, -0.05) is 0 Å². The summed E-state index contributed by atoms with van der Waals surface area (Å²) in [4.78, 5) is 22.6. The van der Waals surface area contributed by atoms with Gasteiger partial charge in [0, 0.05) is 22.5 Å². The molecule has 0 aliphatic heterocycles. The van der Waals surface area contributed by atoms with Crippen LogP contribution >= 0.6 is 11.3 Å². The van der Waals surface area contributed by atoms with Gasteiger partial charge in [0.05, 0.1) is 11.1 Å². The van der Waals surface area contributed by atoms with Crippen molar-refractivity contribution in [2.24, 2.45) is 5.73 Å². The minimum Gasteiger partial charge on any atom is -0.478 e. The molecule has 1 heterocycles. The summed E-state index contributed by atoms with van der Waals surface area (Å²) in [5, 5.41) is 13.4. The minimum absolute atomic E-state index is 0.390. The van der Waals surface area contributed by atoms with Crippen LogP contribution in [0.4, 0.5) is 10.1 Å². The first-order valence-electron chi connectivity index (χ1n) is 5.61. The predicted octanol–water partition coefficient (Wildman–Crippen LogP) is 2.30. The van der Waals surface area contributed by atoms with Gasteiger partial charge in [-0.2, -0.15) is 0 Å². The van der Waals surface area contributed by atoms with Crippen molar-refractivity contribution in [2.45, 2.75) is 6.54 Å². The van der Waals surface area contributed by atoms with E-state index in [4.69, 9.17) is 10.8 Å². The van der Waals surface area contributed by atoms with Crippen molar-refractivity contribution in [3.05, 3.63) is 51.5 Å². The zero-order valence-electron chi connectivity index (χ0n) is 10.2. The number of aromatic carboxylic acids is 1. The van der Waals surface area contributed by atoms with Crippen LogP contribution in [0.5, 0.6) is 0 Å². The Bertz CT molecular complexity index is 669. The summed E-state index contributed by atoms with van der Waals surface area (Å²) in [6.45, 7) is 0.392. The van der Waals surface area contributed by atoms with Gasteiger partial charge in [0.1, 0.15) is 5.82 Å². The number of carboxylic acids is 1. The summed E-state index contributed by atoms with van der Waals surface area (Å²) in [7, 11) is 0. The monoisotopic (exact) mass is 294 g/mol. The Morgan fingerprint density at radius 2 is 2.10 bits per heavy atom. The molecule has 0 saturated carbocycles. The van der Waals surface area contributed by atoms with Crippen molar-refractivity contribution in [3.8, 4) is 0 Å². The molecule has 0 fully saturated rings. The second-order valence-corrected chi connectivity index (χ2v) is 5.02. The number of halogens is 1. The van der Waals surface area contributed by atoms with Crippen LogP contribution in [-0.4, -0.2) is 17.0 Å². The van der Waals surface area contributed by atoms with E-state index in [1.54, 1.807) is 11.4 Å². The van der Waals surface area contributed by atoms with Gasteiger partial charge in [-0.3, -0.25) is 4.79 Å². The molecular formula is C13H11FN2O3S. The first-order valence-corrected chi connectivity index (χ1v) is 6.49. The third kappa shape index (κ3) is 3.12. The molecule has 5 nitrogen and oxygen atoms in total. The van der Waals surface area contributed by atoms with Crippen LogP contribution in [0.1, 0.15) is 25.6 Å². The average molecular weight is 294 g/mol. The largest absolute Gasteiger partial charge is 0.478 e. The predicted molar refractivity (Wildman–Crippen MR) is 73.5 cm³/mol. The quantitative estimate of drug-likeness (QED) is 0.789. The maximum absolute atomic E-state index is 13.2. The maximum atomic E-state index is 13.2. The molecule has 104 valence electrons. The van der Waals surface area contributed by atoms with Crippen LogP contribution in [0.2, 0.25) is 0 Å². The van der Waals surface area contributed by atoms with Crippen molar-refractivity contribution in [1.82, 2.24) is 0 Å². The molecule has 4 N–H and O–H groups in total. The maximum Gasteiger partial charge on any atom is 0.338 e. The lowest BCUT2D eigenvalue weighted by Crippen LogP contribution is -2.09. The molecule has 0 radical (unpaired) electrons. The standard InChI is InChI=1S/C13H11FN2O3S/c14-11-2-1-8(4-10(11)13(18)19)16-5-9-3-7(6-20-9)12(15)17/h1-4,6,16H,5H2,(H2,15,17)(H,18,19).